The van der Waals surface area contributed by atoms with Crippen molar-refractivity contribution >= 4 is 5.69 Å². The number of rotatable bonds is 6. The molecule has 202 valence electrons. The van der Waals surface area contributed by atoms with Gasteiger partial charge in [0.2, 0.25) is 0 Å². The molecule has 1 fully saturated rings. The number of phenols is 1. The lowest BCUT2D eigenvalue weighted by Gasteiger charge is -2.39. The van der Waals surface area contributed by atoms with Crippen LogP contribution >= 0.6 is 0 Å². The third kappa shape index (κ3) is 5.02. The zero-order valence-electron chi connectivity index (χ0n) is 22.0. The van der Waals surface area contributed by atoms with E-state index in [1.165, 1.54) is 24.3 Å². The van der Waals surface area contributed by atoms with E-state index in [0.29, 0.717) is 22.6 Å². The summed E-state index contributed by atoms with van der Waals surface area (Å²) >= 11 is 0. The standard InChI is InChI=1S/C31H34F3NO3/c1-19-16-22(32)6-10-25(19)27-18-31(33,34)28-17-24(36)9-11-26(28)29(27)20-4-7-23(8-5-20)35-14-12-21(13-15-35)30(37-2)38-3/h4-11,16-17,21,27,29-30,36H,12-15,18H2,1-3H3/t27-,29-/m1/s1. The monoisotopic (exact) mass is 525 g/mol. The van der Waals surface area contributed by atoms with Gasteiger partial charge in [0, 0.05) is 62.7 Å². The number of alkyl halides is 2. The molecule has 0 bridgehead atoms. The number of hydrogen-bond acceptors (Lipinski definition) is 4. The minimum absolute atomic E-state index is 0.143. The molecule has 1 N–H and O–H groups in total. The van der Waals surface area contributed by atoms with Gasteiger partial charge in [-0.3, -0.25) is 0 Å². The number of fused-ring (bicyclic) bond motifs is 1. The van der Waals surface area contributed by atoms with E-state index in [2.05, 4.69) is 17.0 Å². The lowest BCUT2D eigenvalue weighted by Crippen LogP contribution is -2.39. The number of phenolic OH excluding ortho intramolecular Hbond substituents is 1. The fourth-order valence-corrected chi connectivity index (χ4v) is 6.41. The van der Waals surface area contributed by atoms with Crippen LogP contribution < -0.4 is 4.90 Å². The molecule has 0 aromatic heterocycles. The molecule has 5 rings (SSSR count). The maximum atomic E-state index is 15.4. The average molecular weight is 526 g/mol. The number of benzene rings is 3. The molecule has 0 unspecified atom stereocenters. The fraction of sp³-hybridized carbons (Fsp3) is 0.419. The molecular formula is C31H34F3NO3. The summed E-state index contributed by atoms with van der Waals surface area (Å²) in [6, 6.07) is 16.8. The summed E-state index contributed by atoms with van der Waals surface area (Å²) in [5, 5.41) is 10.0. The van der Waals surface area contributed by atoms with Crippen LogP contribution in [0, 0.1) is 18.7 Å². The van der Waals surface area contributed by atoms with Crippen molar-refractivity contribution in [2.45, 2.75) is 50.2 Å². The van der Waals surface area contributed by atoms with Gasteiger partial charge in [-0.15, -0.1) is 0 Å². The van der Waals surface area contributed by atoms with Crippen molar-refractivity contribution in [1.29, 1.82) is 0 Å². The molecule has 0 amide bonds. The summed E-state index contributed by atoms with van der Waals surface area (Å²) in [6.07, 6.45) is 1.29. The Labute approximate surface area is 222 Å². The Morgan fingerprint density at radius 1 is 0.921 bits per heavy atom. The highest BCUT2D eigenvalue weighted by molar-refractivity contribution is 5.54. The lowest BCUT2D eigenvalue weighted by molar-refractivity contribution is -0.141. The molecule has 7 heteroatoms. The van der Waals surface area contributed by atoms with Gasteiger partial charge < -0.3 is 19.5 Å². The Kier molecular flexibility index (Phi) is 7.43. The van der Waals surface area contributed by atoms with Crippen LogP contribution in [0.3, 0.4) is 0 Å². The van der Waals surface area contributed by atoms with E-state index in [-0.39, 0.29) is 29.3 Å². The van der Waals surface area contributed by atoms with E-state index in [1.54, 1.807) is 33.3 Å². The Bertz CT molecular complexity index is 1270. The molecule has 0 radical (unpaired) electrons. The van der Waals surface area contributed by atoms with Crippen molar-refractivity contribution in [1.82, 2.24) is 0 Å². The first-order valence-corrected chi connectivity index (χ1v) is 13.1. The smallest absolute Gasteiger partial charge is 0.274 e. The largest absolute Gasteiger partial charge is 0.508 e. The van der Waals surface area contributed by atoms with Gasteiger partial charge in [-0.2, -0.15) is 0 Å². The van der Waals surface area contributed by atoms with Gasteiger partial charge in [0.05, 0.1) is 0 Å². The first-order valence-electron chi connectivity index (χ1n) is 13.1. The number of piperidine rings is 1. The molecule has 3 aromatic rings. The predicted molar refractivity (Wildman–Crippen MR) is 142 cm³/mol. The maximum Gasteiger partial charge on any atom is 0.274 e. The zero-order chi connectivity index (χ0) is 27.0. The first kappa shape index (κ1) is 26.6. The molecule has 0 saturated carbocycles. The average Bonchev–Trinajstić information content (AvgIpc) is 2.90. The lowest BCUT2D eigenvalue weighted by atomic mass is 9.67. The fourth-order valence-electron chi connectivity index (χ4n) is 6.41. The van der Waals surface area contributed by atoms with Crippen LogP contribution in [-0.4, -0.2) is 38.7 Å². The Morgan fingerprint density at radius 2 is 1.58 bits per heavy atom. The topological polar surface area (TPSA) is 41.9 Å². The highest BCUT2D eigenvalue weighted by Gasteiger charge is 2.47. The number of methoxy groups -OCH3 is 2. The molecule has 1 aliphatic heterocycles. The summed E-state index contributed by atoms with van der Waals surface area (Å²) in [4.78, 5) is 2.32. The van der Waals surface area contributed by atoms with Crippen molar-refractivity contribution < 1.29 is 27.8 Å². The molecule has 3 aromatic carbocycles. The first-order chi connectivity index (χ1) is 18.2. The second-order valence-electron chi connectivity index (χ2n) is 10.5. The number of halogens is 3. The third-order valence-corrected chi connectivity index (χ3v) is 8.28. The normalized spacial score (nSPS) is 21.5. The van der Waals surface area contributed by atoms with Crippen LogP contribution in [-0.2, 0) is 15.4 Å². The second kappa shape index (κ2) is 10.6. The molecular weight excluding hydrogens is 491 g/mol. The van der Waals surface area contributed by atoms with Crippen LogP contribution in [0.1, 0.15) is 58.9 Å². The number of aromatic hydroxyl groups is 1. The van der Waals surface area contributed by atoms with Gasteiger partial charge in [-0.1, -0.05) is 24.3 Å². The van der Waals surface area contributed by atoms with Gasteiger partial charge in [0.1, 0.15) is 11.6 Å². The number of nitrogens with zero attached hydrogens (tertiary/aromatic N) is 1. The quantitative estimate of drug-likeness (QED) is 0.349. The van der Waals surface area contributed by atoms with Gasteiger partial charge >= 0.3 is 0 Å². The van der Waals surface area contributed by atoms with Gasteiger partial charge in [-0.25, -0.2) is 13.2 Å². The minimum Gasteiger partial charge on any atom is -0.508 e. The van der Waals surface area contributed by atoms with E-state index in [9.17, 15) is 9.50 Å². The highest BCUT2D eigenvalue weighted by atomic mass is 19.3. The van der Waals surface area contributed by atoms with Gasteiger partial charge in [0.25, 0.3) is 5.92 Å². The SMILES string of the molecule is COC(OC)C1CCN(c2ccc([C@@H]3c4ccc(O)cc4C(F)(F)C[C@@H]3c3ccc(F)cc3C)cc2)CC1. The van der Waals surface area contributed by atoms with Crippen molar-refractivity contribution in [3.63, 3.8) is 0 Å². The predicted octanol–water partition coefficient (Wildman–Crippen LogP) is 7.09. The van der Waals surface area contributed by atoms with Crippen molar-refractivity contribution in [2.75, 3.05) is 32.2 Å². The molecule has 2 aliphatic rings. The number of anilines is 1. The van der Waals surface area contributed by atoms with Gasteiger partial charge in [0.15, 0.2) is 6.29 Å². The van der Waals surface area contributed by atoms with Crippen molar-refractivity contribution in [3.05, 3.63) is 94.3 Å². The van der Waals surface area contributed by atoms with Crippen molar-refractivity contribution in [2.24, 2.45) is 5.92 Å². The zero-order valence-corrected chi connectivity index (χ0v) is 22.0. The van der Waals surface area contributed by atoms with E-state index < -0.39 is 18.3 Å². The molecule has 1 heterocycles. The number of hydrogen-bond donors (Lipinski definition) is 1. The Hall–Kier alpha value is -3.03. The minimum atomic E-state index is -3.12. The molecule has 2 atom stereocenters. The molecule has 4 nitrogen and oxygen atoms in total. The highest BCUT2D eigenvalue weighted by Crippen LogP contribution is 2.55. The molecule has 1 saturated heterocycles. The summed E-state index contributed by atoms with van der Waals surface area (Å²) in [5.74, 6) is -4.25. The molecule has 0 spiro atoms. The summed E-state index contributed by atoms with van der Waals surface area (Å²) < 4.78 is 55.7. The molecule has 1 aliphatic carbocycles. The molecule has 38 heavy (non-hydrogen) atoms. The van der Waals surface area contributed by atoms with Crippen LogP contribution in [0.2, 0.25) is 0 Å². The Balaban J connectivity index is 1.48. The number of aryl methyl sites for hydroxylation is 1. The van der Waals surface area contributed by atoms with Gasteiger partial charge in [-0.05, 0) is 78.4 Å². The summed E-state index contributed by atoms with van der Waals surface area (Å²) in [6.45, 7) is 3.52. The second-order valence-corrected chi connectivity index (χ2v) is 10.5. The van der Waals surface area contributed by atoms with Crippen LogP contribution in [0.4, 0.5) is 18.9 Å². The number of ether oxygens (including phenoxy) is 2. The Morgan fingerprint density at radius 3 is 2.21 bits per heavy atom. The maximum absolute atomic E-state index is 15.4. The van der Waals surface area contributed by atoms with Crippen LogP contribution in [0.15, 0.2) is 60.7 Å². The van der Waals surface area contributed by atoms with Crippen LogP contribution in [0.5, 0.6) is 5.75 Å². The summed E-state index contributed by atoms with van der Waals surface area (Å²) in [5.41, 5.74) is 3.72. The summed E-state index contributed by atoms with van der Waals surface area (Å²) in [7, 11) is 3.33. The third-order valence-electron chi connectivity index (χ3n) is 8.28. The van der Waals surface area contributed by atoms with E-state index >= 15 is 8.78 Å². The van der Waals surface area contributed by atoms with E-state index in [4.69, 9.17) is 9.47 Å². The van der Waals surface area contributed by atoms with E-state index in [1.807, 2.05) is 12.1 Å². The van der Waals surface area contributed by atoms with E-state index in [0.717, 1.165) is 37.2 Å². The van der Waals surface area contributed by atoms with Crippen LogP contribution in [0.25, 0.3) is 0 Å². The van der Waals surface area contributed by atoms with Crippen molar-refractivity contribution in [3.8, 4) is 5.75 Å².